The number of fused-ring (bicyclic) bond motifs is 1. The van der Waals surface area contributed by atoms with Crippen LogP contribution in [-0.2, 0) is 6.42 Å². The molecule has 0 bridgehead atoms. The summed E-state index contributed by atoms with van der Waals surface area (Å²) in [6, 6.07) is 0. The fourth-order valence-electron chi connectivity index (χ4n) is 2.56. The molecule has 0 atom stereocenters. The molecule has 0 unspecified atom stereocenters. The summed E-state index contributed by atoms with van der Waals surface area (Å²) >= 11 is 1.91. The second kappa shape index (κ2) is 8.22. The summed E-state index contributed by atoms with van der Waals surface area (Å²) in [6.07, 6.45) is 4.05. The van der Waals surface area contributed by atoms with E-state index in [-0.39, 0.29) is 24.8 Å². The number of anilines is 1. The molecule has 1 saturated heterocycles. The van der Waals surface area contributed by atoms with Gasteiger partial charge in [0.2, 0.25) is 0 Å². The lowest BCUT2D eigenvalue weighted by atomic mass is 10.2. The predicted molar refractivity (Wildman–Crippen MR) is 95.4 cm³/mol. The Balaban J connectivity index is 0.00000110. The van der Waals surface area contributed by atoms with Crippen molar-refractivity contribution in [2.45, 2.75) is 17.7 Å². The largest absolute Gasteiger partial charge is 0.353 e. The zero-order valence-corrected chi connectivity index (χ0v) is 14.7. The van der Waals surface area contributed by atoms with E-state index in [2.05, 4.69) is 28.4 Å². The fraction of sp³-hybridized carbons (Fsp3) is 0.571. The molecule has 0 radical (unpaired) electrons. The van der Waals surface area contributed by atoms with Crippen LogP contribution in [0.15, 0.2) is 11.5 Å². The molecule has 0 saturated carbocycles. The van der Waals surface area contributed by atoms with E-state index in [1.165, 1.54) is 22.8 Å². The van der Waals surface area contributed by atoms with E-state index in [1.54, 1.807) is 6.08 Å². The normalized spacial score (nSPS) is 18.2. The molecule has 21 heavy (non-hydrogen) atoms. The minimum atomic E-state index is 0. The molecule has 1 aromatic heterocycles. The Morgan fingerprint density at radius 3 is 2.52 bits per heavy atom. The van der Waals surface area contributed by atoms with Crippen LogP contribution in [-0.4, -0.2) is 53.8 Å². The van der Waals surface area contributed by atoms with E-state index in [0.717, 1.165) is 44.2 Å². The highest BCUT2D eigenvalue weighted by molar-refractivity contribution is 7.99. The number of hydrogen-bond acceptors (Lipinski definition) is 5. The number of nitrogens with zero attached hydrogens (tertiary/aromatic N) is 4. The molecule has 0 spiro atoms. The summed E-state index contributed by atoms with van der Waals surface area (Å²) in [5.74, 6) is 3.10. The standard InChI is InChI=1S/C14H20N4S.2ClH/c1-3-12-15-11-5-4-10-19-13(11)14(16-12)18-8-6-17(2)7-9-18;;/h3H,1,4-10H2,2H3;2*1H. The third-order valence-corrected chi connectivity index (χ3v) is 4.92. The quantitative estimate of drug-likeness (QED) is 0.820. The van der Waals surface area contributed by atoms with Crippen molar-refractivity contribution in [3.05, 3.63) is 18.1 Å². The van der Waals surface area contributed by atoms with Crippen molar-refractivity contribution in [2.24, 2.45) is 0 Å². The maximum Gasteiger partial charge on any atom is 0.154 e. The third-order valence-electron chi connectivity index (χ3n) is 3.72. The van der Waals surface area contributed by atoms with Crippen molar-refractivity contribution in [1.29, 1.82) is 0 Å². The van der Waals surface area contributed by atoms with Gasteiger partial charge in [0.05, 0.1) is 10.6 Å². The van der Waals surface area contributed by atoms with Crippen LogP contribution in [0, 0.1) is 0 Å². The number of rotatable bonds is 2. The molecule has 7 heteroatoms. The average Bonchev–Trinajstić information content (AvgIpc) is 2.47. The monoisotopic (exact) mass is 348 g/mol. The lowest BCUT2D eigenvalue weighted by molar-refractivity contribution is 0.311. The van der Waals surface area contributed by atoms with Gasteiger partial charge in [0.15, 0.2) is 5.82 Å². The van der Waals surface area contributed by atoms with Crippen molar-refractivity contribution in [3.63, 3.8) is 0 Å². The number of hydrogen-bond donors (Lipinski definition) is 0. The first-order valence-corrected chi connectivity index (χ1v) is 7.86. The highest BCUT2D eigenvalue weighted by atomic mass is 35.5. The summed E-state index contributed by atoms with van der Waals surface area (Å²) in [6.45, 7) is 8.13. The minimum Gasteiger partial charge on any atom is -0.353 e. The van der Waals surface area contributed by atoms with Gasteiger partial charge in [-0.25, -0.2) is 9.97 Å². The van der Waals surface area contributed by atoms with E-state index >= 15 is 0 Å². The third kappa shape index (κ3) is 4.03. The summed E-state index contributed by atoms with van der Waals surface area (Å²) in [7, 11) is 2.18. The van der Waals surface area contributed by atoms with Crippen LogP contribution >= 0.6 is 36.6 Å². The number of thioether (sulfide) groups is 1. The molecule has 1 aromatic rings. The Morgan fingerprint density at radius 2 is 1.86 bits per heavy atom. The lowest BCUT2D eigenvalue weighted by Crippen LogP contribution is -2.45. The molecule has 118 valence electrons. The molecule has 3 heterocycles. The topological polar surface area (TPSA) is 32.3 Å². The van der Waals surface area contributed by atoms with Crippen molar-refractivity contribution < 1.29 is 0 Å². The van der Waals surface area contributed by atoms with E-state index in [9.17, 15) is 0 Å². The van der Waals surface area contributed by atoms with Crippen LogP contribution < -0.4 is 4.90 Å². The van der Waals surface area contributed by atoms with Crippen LogP contribution in [0.5, 0.6) is 0 Å². The molecule has 3 rings (SSSR count). The predicted octanol–water partition coefficient (Wildman–Crippen LogP) is 2.75. The Hall–Kier alpha value is -0.490. The van der Waals surface area contributed by atoms with Gasteiger partial charge in [-0.15, -0.1) is 36.6 Å². The second-order valence-corrected chi connectivity index (χ2v) is 6.23. The zero-order chi connectivity index (χ0) is 13.2. The number of aromatic nitrogens is 2. The fourth-order valence-corrected chi connectivity index (χ4v) is 3.67. The molecule has 2 aliphatic heterocycles. The van der Waals surface area contributed by atoms with Gasteiger partial charge in [-0.05, 0) is 31.7 Å². The number of likely N-dealkylation sites (N-methyl/N-ethyl adjacent to an activating group) is 1. The van der Waals surface area contributed by atoms with Gasteiger partial charge in [-0.2, -0.15) is 0 Å². The molecule has 1 fully saturated rings. The van der Waals surface area contributed by atoms with Gasteiger partial charge >= 0.3 is 0 Å². The number of aryl methyl sites for hydroxylation is 1. The van der Waals surface area contributed by atoms with Gasteiger partial charge in [0.1, 0.15) is 5.82 Å². The SMILES string of the molecule is C=Cc1nc2c(c(N3CCN(C)CC3)n1)SCCC2.Cl.Cl. The molecular formula is C14H22Cl2N4S. The van der Waals surface area contributed by atoms with Gasteiger partial charge in [0.25, 0.3) is 0 Å². The Bertz CT molecular complexity index is 490. The van der Waals surface area contributed by atoms with Crippen molar-refractivity contribution in [2.75, 3.05) is 43.9 Å². The first-order valence-electron chi connectivity index (χ1n) is 6.87. The van der Waals surface area contributed by atoms with Crippen molar-refractivity contribution in [3.8, 4) is 0 Å². The summed E-state index contributed by atoms with van der Waals surface area (Å²) in [5.41, 5.74) is 1.22. The Morgan fingerprint density at radius 1 is 1.14 bits per heavy atom. The summed E-state index contributed by atoms with van der Waals surface area (Å²) in [5, 5.41) is 0. The van der Waals surface area contributed by atoms with Gasteiger partial charge < -0.3 is 9.80 Å². The van der Waals surface area contributed by atoms with E-state index in [1.807, 2.05) is 11.8 Å². The molecule has 2 aliphatic rings. The maximum atomic E-state index is 4.71. The molecular weight excluding hydrogens is 327 g/mol. The average molecular weight is 349 g/mol. The van der Waals surface area contributed by atoms with Crippen molar-refractivity contribution >= 4 is 48.5 Å². The van der Waals surface area contributed by atoms with Crippen LogP contribution in [0.25, 0.3) is 6.08 Å². The maximum absolute atomic E-state index is 4.71. The van der Waals surface area contributed by atoms with Crippen LogP contribution in [0.1, 0.15) is 17.9 Å². The van der Waals surface area contributed by atoms with Crippen molar-refractivity contribution in [1.82, 2.24) is 14.9 Å². The first-order chi connectivity index (χ1) is 9.28. The minimum absolute atomic E-state index is 0. The number of piperazine rings is 1. The van der Waals surface area contributed by atoms with Crippen LogP contribution in [0.2, 0.25) is 0 Å². The second-order valence-electron chi connectivity index (χ2n) is 5.13. The van der Waals surface area contributed by atoms with E-state index in [0.29, 0.717) is 0 Å². The molecule has 4 nitrogen and oxygen atoms in total. The summed E-state index contributed by atoms with van der Waals surface area (Å²) in [4.78, 5) is 15.4. The highest BCUT2D eigenvalue weighted by Crippen LogP contribution is 2.36. The van der Waals surface area contributed by atoms with Gasteiger partial charge in [0, 0.05) is 26.2 Å². The lowest BCUT2D eigenvalue weighted by Gasteiger charge is -2.35. The molecule has 0 amide bonds. The van der Waals surface area contributed by atoms with Crippen LogP contribution in [0.3, 0.4) is 0 Å². The first kappa shape index (κ1) is 18.6. The highest BCUT2D eigenvalue weighted by Gasteiger charge is 2.23. The van der Waals surface area contributed by atoms with E-state index in [4.69, 9.17) is 4.98 Å². The Kier molecular flexibility index (Phi) is 7.27. The molecule has 0 N–H and O–H groups in total. The van der Waals surface area contributed by atoms with E-state index < -0.39 is 0 Å². The molecule has 0 aliphatic carbocycles. The van der Waals surface area contributed by atoms with Gasteiger partial charge in [-0.1, -0.05) is 6.58 Å². The number of halogens is 2. The van der Waals surface area contributed by atoms with Gasteiger partial charge in [-0.3, -0.25) is 0 Å². The zero-order valence-electron chi connectivity index (χ0n) is 12.2. The van der Waals surface area contributed by atoms with Crippen LogP contribution in [0.4, 0.5) is 5.82 Å². The molecule has 0 aromatic carbocycles. The smallest absolute Gasteiger partial charge is 0.154 e. The summed E-state index contributed by atoms with van der Waals surface area (Å²) < 4.78 is 0. The Labute approximate surface area is 143 Å².